The Morgan fingerprint density at radius 2 is 1.35 bits per heavy atom. The van der Waals surface area contributed by atoms with E-state index in [0.717, 1.165) is 36.4 Å². The molecule has 43 heavy (non-hydrogen) atoms. The van der Waals surface area contributed by atoms with Crippen LogP contribution in [0.1, 0.15) is 40.2 Å². The summed E-state index contributed by atoms with van der Waals surface area (Å²) in [6, 6.07) is 40.4. The molecule has 7 heteroatoms. The van der Waals surface area contributed by atoms with Crippen LogP contribution in [0.2, 0.25) is 0 Å². The van der Waals surface area contributed by atoms with E-state index in [1.807, 2.05) is 12.4 Å². The first-order chi connectivity index (χ1) is 21.2. The number of aryl methyl sites for hydroxylation is 1. The van der Waals surface area contributed by atoms with Gasteiger partial charge in [-0.3, -0.25) is 5.10 Å². The molecule has 3 aromatic heterocycles. The van der Waals surface area contributed by atoms with Crippen molar-refractivity contribution in [2.45, 2.75) is 31.3 Å². The molecule has 0 radical (unpaired) electrons. The summed E-state index contributed by atoms with van der Waals surface area (Å²) in [6.07, 6.45) is 8.67. The van der Waals surface area contributed by atoms with Gasteiger partial charge in [0.25, 0.3) is 0 Å². The van der Waals surface area contributed by atoms with Gasteiger partial charge in [-0.1, -0.05) is 109 Å². The minimum absolute atomic E-state index is 0.561. The number of imidazole rings is 1. The van der Waals surface area contributed by atoms with Crippen LogP contribution in [-0.2, 0) is 24.9 Å². The van der Waals surface area contributed by atoms with Gasteiger partial charge in [0, 0.05) is 36.3 Å². The predicted octanol–water partition coefficient (Wildman–Crippen LogP) is 7.68. The molecule has 0 aliphatic carbocycles. The Labute approximate surface area is 255 Å². The van der Waals surface area contributed by atoms with Crippen LogP contribution in [0.25, 0.3) is 10.9 Å². The number of para-hydroxylation sites is 1. The van der Waals surface area contributed by atoms with E-state index in [4.69, 9.17) is 17.2 Å². The molecule has 0 aliphatic heterocycles. The third-order valence-corrected chi connectivity index (χ3v) is 8.59. The van der Waals surface area contributed by atoms with Crippen molar-refractivity contribution in [2.24, 2.45) is 0 Å². The van der Waals surface area contributed by atoms with Crippen LogP contribution < -0.4 is 0 Å². The van der Waals surface area contributed by atoms with Crippen molar-refractivity contribution in [3.8, 4) is 0 Å². The van der Waals surface area contributed by atoms with Crippen LogP contribution in [0, 0.1) is 4.77 Å². The molecule has 0 atom stereocenters. The Bertz CT molecular complexity index is 1900. The van der Waals surface area contributed by atoms with Gasteiger partial charge in [0.05, 0.1) is 12.0 Å². The molecule has 7 rings (SSSR count). The number of rotatable bonds is 10. The van der Waals surface area contributed by atoms with Crippen LogP contribution in [-0.4, -0.2) is 29.3 Å². The molecule has 0 bridgehead atoms. The molecular formula is C36H32N6S. The first kappa shape index (κ1) is 26.9. The van der Waals surface area contributed by atoms with Gasteiger partial charge < -0.3 is 14.1 Å². The van der Waals surface area contributed by atoms with Crippen LogP contribution in [0.15, 0.2) is 134 Å². The number of aromatic nitrogens is 6. The number of aromatic amines is 2. The molecule has 212 valence electrons. The minimum Gasteiger partial charge on any atom is -0.361 e. The Morgan fingerprint density at radius 1 is 0.744 bits per heavy atom. The highest BCUT2D eigenvalue weighted by molar-refractivity contribution is 7.71. The first-order valence-electron chi connectivity index (χ1n) is 14.6. The van der Waals surface area contributed by atoms with Crippen molar-refractivity contribution in [1.82, 2.24) is 29.3 Å². The normalized spacial score (nSPS) is 11.7. The maximum atomic E-state index is 5.63. The summed E-state index contributed by atoms with van der Waals surface area (Å²) in [5.41, 5.74) is 6.37. The van der Waals surface area contributed by atoms with Crippen molar-refractivity contribution in [1.29, 1.82) is 0 Å². The Balaban J connectivity index is 1.17. The number of fused-ring (bicyclic) bond motifs is 1. The molecule has 0 spiro atoms. The Kier molecular flexibility index (Phi) is 7.31. The minimum atomic E-state index is -0.561. The fourth-order valence-electron chi connectivity index (χ4n) is 6.24. The molecule has 7 aromatic rings. The second-order valence-corrected chi connectivity index (χ2v) is 11.2. The molecule has 0 saturated heterocycles. The lowest BCUT2D eigenvalue weighted by atomic mass is 9.77. The smallest absolute Gasteiger partial charge is 0.195 e. The zero-order valence-electron chi connectivity index (χ0n) is 23.7. The van der Waals surface area contributed by atoms with E-state index in [0.29, 0.717) is 11.2 Å². The van der Waals surface area contributed by atoms with E-state index < -0.39 is 5.54 Å². The van der Waals surface area contributed by atoms with Gasteiger partial charge in [0.1, 0.15) is 11.4 Å². The van der Waals surface area contributed by atoms with Crippen molar-refractivity contribution < 1.29 is 0 Å². The summed E-state index contributed by atoms with van der Waals surface area (Å²) in [5, 5.41) is 8.80. The van der Waals surface area contributed by atoms with Crippen LogP contribution >= 0.6 is 12.2 Å². The highest BCUT2D eigenvalue weighted by atomic mass is 32.1. The average Bonchev–Trinajstić information content (AvgIpc) is 3.79. The van der Waals surface area contributed by atoms with Gasteiger partial charge in [-0.25, -0.2) is 4.98 Å². The van der Waals surface area contributed by atoms with E-state index in [1.165, 1.54) is 27.6 Å². The highest BCUT2D eigenvalue weighted by Gasteiger charge is 2.38. The first-order valence-corrected chi connectivity index (χ1v) is 15.0. The van der Waals surface area contributed by atoms with Crippen LogP contribution in [0.3, 0.4) is 0 Å². The second-order valence-electron chi connectivity index (χ2n) is 10.8. The summed E-state index contributed by atoms with van der Waals surface area (Å²) in [5.74, 6) is 0.941. The largest absolute Gasteiger partial charge is 0.361 e. The zero-order valence-corrected chi connectivity index (χ0v) is 24.5. The number of benzene rings is 4. The summed E-state index contributed by atoms with van der Waals surface area (Å²) >= 11 is 5.63. The number of H-pyrrole nitrogens is 2. The standard InChI is InChI=1S/C36H32N6S/c43-35-40-39-34(23-27-24-37-33-21-11-10-20-32(27)33)42(35)22-12-19-31-25-41(26-38-31)36(28-13-4-1-5-14-28,29-15-6-2-7-16-29)30-17-8-3-9-18-30/h1-11,13-18,20-21,24-26,37H,12,19,22-23H2,(H,40,43). The molecule has 2 N–H and O–H groups in total. The SMILES string of the molecule is S=c1[nH]nc(Cc2c[nH]c3ccccc23)n1CCCc1cn(C(c2ccccc2)(c2ccccc2)c2ccccc2)cn1. The summed E-state index contributed by atoms with van der Waals surface area (Å²) in [7, 11) is 0. The van der Waals surface area contributed by atoms with Gasteiger partial charge in [0.2, 0.25) is 0 Å². The number of hydrogen-bond donors (Lipinski definition) is 2. The monoisotopic (exact) mass is 580 g/mol. The second kappa shape index (κ2) is 11.7. The average molecular weight is 581 g/mol. The van der Waals surface area contributed by atoms with Crippen LogP contribution in [0.5, 0.6) is 0 Å². The van der Waals surface area contributed by atoms with Gasteiger partial charge in [0.15, 0.2) is 4.77 Å². The summed E-state index contributed by atoms with van der Waals surface area (Å²) in [6.45, 7) is 0.765. The molecule has 0 aliphatic rings. The molecular weight excluding hydrogens is 549 g/mol. The molecule has 4 aromatic carbocycles. The van der Waals surface area contributed by atoms with E-state index in [2.05, 4.69) is 146 Å². The van der Waals surface area contributed by atoms with Crippen molar-refractivity contribution >= 4 is 23.1 Å². The van der Waals surface area contributed by atoms with Gasteiger partial charge in [-0.05, 0) is 53.4 Å². The fraction of sp³-hybridized carbons (Fsp3) is 0.139. The topological polar surface area (TPSA) is 67.2 Å². The third-order valence-electron chi connectivity index (χ3n) is 8.27. The van der Waals surface area contributed by atoms with E-state index in [-0.39, 0.29) is 0 Å². The van der Waals surface area contributed by atoms with Gasteiger partial charge in [-0.2, -0.15) is 5.10 Å². The maximum Gasteiger partial charge on any atom is 0.195 e. The van der Waals surface area contributed by atoms with Crippen molar-refractivity contribution in [3.63, 3.8) is 0 Å². The Morgan fingerprint density at radius 3 is 2.00 bits per heavy atom. The molecule has 0 unspecified atom stereocenters. The molecule has 6 nitrogen and oxygen atoms in total. The number of nitrogens with one attached hydrogen (secondary N) is 2. The summed E-state index contributed by atoms with van der Waals surface area (Å²) < 4.78 is 5.04. The highest BCUT2D eigenvalue weighted by Crippen LogP contribution is 2.40. The van der Waals surface area contributed by atoms with E-state index in [1.54, 1.807) is 0 Å². The Hall–Kier alpha value is -5.01. The molecule has 3 heterocycles. The zero-order chi connectivity index (χ0) is 29.1. The third kappa shape index (κ3) is 5.02. The molecule has 0 fully saturated rings. The quantitative estimate of drug-likeness (QED) is 0.129. The predicted molar refractivity (Wildman–Crippen MR) is 174 cm³/mol. The molecule has 0 saturated carbocycles. The van der Waals surface area contributed by atoms with Crippen molar-refractivity contribution in [2.75, 3.05) is 0 Å². The number of nitrogens with zero attached hydrogens (tertiary/aromatic N) is 4. The fourth-order valence-corrected chi connectivity index (χ4v) is 6.49. The lowest BCUT2D eigenvalue weighted by Gasteiger charge is -2.37. The van der Waals surface area contributed by atoms with E-state index in [9.17, 15) is 0 Å². The van der Waals surface area contributed by atoms with Crippen LogP contribution in [0.4, 0.5) is 0 Å². The van der Waals surface area contributed by atoms with Gasteiger partial charge in [-0.15, -0.1) is 0 Å². The van der Waals surface area contributed by atoms with Crippen molar-refractivity contribution in [3.05, 3.63) is 173 Å². The number of hydrogen-bond acceptors (Lipinski definition) is 3. The van der Waals surface area contributed by atoms with E-state index >= 15 is 0 Å². The maximum absolute atomic E-state index is 5.63. The lowest BCUT2D eigenvalue weighted by Crippen LogP contribution is -2.36. The summed E-state index contributed by atoms with van der Waals surface area (Å²) in [4.78, 5) is 8.28. The molecule has 0 amide bonds. The van der Waals surface area contributed by atoms with Gasteiger partial charge >= 0.3 is 0 Å². The lowest BCUT2D eigenvalue weighted by molar-refractivity contribution is 0.514.